The number of carbonyl (C=O) groups is 3. The molecule has 0 bridgehead atoms. The van der Waals surface area contributed by atoms with E-state index in [2.05, 4.69) is 10.6 Å². The molecule has 9 nitrogen and oxygen atoms in total. The maximum Gasteiger partial charge on any atom is 0.257 e. The predicted octanol–water partition coefficient (Wildman–Crippen LogP) is 4.04. The summed E-state index contributed by atoms with van der Waals surface area (Å²) in [7, 11) is 2.96. The SMILES string of the molecule is COc1cc(NC(=O)C2CCCN(C(=O)c3ccoc3)C2)c(OC)cc1NC(=O)c1ccccc1. The number of hydrogen-bond acceptors (Lipinski definition) is 6. The average molecular weight is 478 g/mol. The summed E-state index contributed by atoms with van der Waals surface area (Å²) in [5.74, 6) is -0.333. The molecule has 3 amide bonds. The number of rotatable bonds is 7. The van der Waals surface area contributed by atoms with E-state index in [9.17, 15) is 14.4 Å². The standard InChI is InChI=1S/C26H27N3O6/c1-33-22-14-21(23(34-2)13-20(22)27-24(30)17-7-4-3-5-8-17)28-25(31)18-9-6-11-29(15-18)26(32)19-10-12-35-16-19/h3-5,7-8,10,12-14,16,18H,6,9,11,15H2,1-2H3,(H,27,30)(H,28,31). The Hall–Kier alpha value is -4.27. The van der Waals surface area contributed by atoms with Crippen LogP contribution in [0.25, 0.3) is 0 Å². The molecule has 35 heavy (non-hydrogen) atoms. The zero-order valence-electron chi connectivity index (χ0n) is 19.6. The van der Waals surface area contributed by atoms with Gasteiger partial charge in [0.05, 0.1) is 43.3 Å². The van der Waals surface area contributed by atoms with Gasteiger partial charge in [-0.2, -0.15) is 0 Å². The number of furan rings is 1. The Morgan fingerprint density at radius 3 is 2.26 bits per heavy atom. The zero-order valence-corrected chi connectivity index (χ0v) is 19.6. The normalized spacial score (nSPS) is 15.3. The molecule has 1 saturated heterocycles. The summed E-state index contributed by atoms with van der Waals surface area (Å²) >= 11 is 0. The van der Waals surface area contributed by atoms with E-state index in [1.165, 1.54) is 26.7 Å². The Morgan fingerprint density at radius 2 is 1.63 bits per heavy atom. The minimum atomic E-state index is -0.382. The van der Waals surface area contributed by atoms with Crippen LogP contribution in [0.4, 0.5) is 11.4 Å². The van der Waals surface area contributed by atoms with Gasteiger partial charge in [0.1, 0.15) is 17.8 Å². The van der Waals surface area contributed by atoms with Crippen LogP contribution in [0.2, 0.25) is 0 Å². The van der Waals surface area contributed by atoms with Crippen molar-refractivity contribution in [2.75, 3.05) is 37.9 Å². The number of methoxy groups -OCH3 is 2. The van der Waals surface area contributed by atoms with E-state index in [4.69, 9.17) is 13.9 Å². The van der Waals surface area contributed by atoms with Crippen LogP contribution in [0.15, 0.2) is 65.5 Å². The molecule has 0 spiro atoms. The largest absolute Gasteiger partial charge is 0.494 e. The lowest BCUT2D eigenvalue weighted by Crippen LogP contribution is -2.43. The van der Waals surface area contributed by atoms with Gasteiger partial charge in [0.2, 0.25) is 5.91 Å². The first-order chi connectivity index (χ1) is 17.0. The number of ether oxygens (including phenoxy) is 2. The van der Waals surface area contributed by atoms with Gasteiger partial charge in [0.25, 0.3) is 11.8 Å². The molecule has 4 rings (SSSR count). The van der Waals surface area contributed by atoms with Crippen molar-refractivity contribution < 1.29 is 28.3 Å². The topological polar surface area (TPSA) is 110 Å². The molecule has 2 aromatic carbocycles. The Morgan fingerprint density at radius 1 is 0.943 bits per heavy atom. The van der Waals surface area contributed by atoms with E-state index in [-0.39, 0.29) is 23.6 Å². The van der Waals surface area contributed by atoms with Crippen molar-refractivity contribution in [2.45, 2.75) is 12.8 Å². The van der Waals surface area contributed by atoms with Gasteiger partial charge >= 0.3 is 0 Å². The summed E-state index contributed by atoms with van der Waals surface area (Å²) in [6.07, 6.45) is 4.23. The summed E-state index contributed by atoms with van der Waals surface area (Å²) in [4.78, 5) is 40.0. The molecular weight excluding hydrogens is 450 g/mol. The van der Waals surface area contributed by atoms with Gasteiger partial charge in [-0.1, -0.05) is 18.2 Å². The van der Waals surface area contributed by atoms with Gasteiger partial charge in [-0.15, -0.1) is 0 Å². The fourth-order valence-electron chi connectivity index (χ4n) is 4.06. The number of anilines is 2. The lowest BCUT2D eigenvalue weighted by Gasteiger charge is -2.32. The molecule has 1 unspecified atom stereocenters. The number of hydrogen-bond donors (Lipinski definition) is 2. The first-order valence-electron chi connectivity index (χ1n) is 11.2. The van der Waals surface area contributed by atoms with Crippen molar-refractivity contribution in [1.29, 1.82) is 0 Å². The highest BCUT2D eigenvalue weighted by atomic mass is 16.5. The molecule has 1 aliphatic rings. The van der Waals surface area contributed by atoms with Crippen LogP contribution in [0.1, 0.15) is 33.6 Å². The Bertz CT molecular complexity index is 1190. The lowest BCUT2D eigenvalue weighted by atomic mass is 9.96. The fraction of sp³-hybridized carbons (Fsp3) is 0.269. The quantitative estimate of drug-likeness (QED) is 0.532. The van der Waals surface area contributed by atoms with Crippen LogP contribution in [-0.2, 0) is 4.79 Å². The van der Waals surface area contributed by atoms with Crippen molar-refractivity contribution >= 4 is 29.1 Å². The van der Waals surface area contributed by atoms with Gasteiger partial charge in [-0.25, -0.2) is 0 Å². The van der Waals surface area contributed by atoms with Crippen molar-refractivity contribution in [2.24, 2.45) is 5.92 Å². The third kappa shape index (κ3) is 5.46. The fourth-order valence-corrected chi connectivity index (χ4v) is 4.06. The molecule has 2 heterocycles. The number of nitrogens with one attached hydrogen (secondary N) is 2. The highest BCUT2D eigenvalue weighted by Crippen LogP contribution is 2.37. The van der Waals surface area contributed by atoms with Gasteiger partial charge in [0, 0.05) is 30.8 Å². The van der Waals surface area contributed by atoms with Crippen LogP contribution >= 0.6 is 0 Å². The Kier molecular flexibility index (Phi) is 7.35. The molecule has 1 aliphatic heterocycles. The van der Waals surface area contributed by atoms with E-state index < -0.39 is 0 Å². The monoisotopic (exact) mass is 477 g/mol. The smallest absolute Gasteiger partial charge is 0.257 e. The number of amides is 3. The molecule has 1 atom stereocenters. The predicted molar refractivity (Wildman–Crippen MR) is 130 cm³/mol. The average Bonchev–Trinajstić information content (AvgIpc) is 3.44. The molecule has 1 fully saturated rings. The molecular formula is C26H27N3O6. The van der Waals surface area contributed by atoms with E-state index in [1.807, 2.05) is 6.07 Å². The van der Waals surface area contributed by atoms with Gasteiger partial charge in [0.15, 0.2) is 0 Å². The second kappa shape index (κ2) is 10.8. The number of benzene rings is 2. The molecule has 0 aliphatic carbocycles. The third-order valence-corrected chi connectivity index (χ3v) is 5.91. The molecule has 0 radical (unpaired) electrons. The van der Waals surface area contributed by atoms with Crippen molar-refractivity contribution in [1.82, 2.24) is 4.90 Å². The Balaban J connectivity index is 1.48. The molecule has 3 aromatic rings. The summed E-state index contributed by atoms with van der Waals surface area (Å²) in [5.41, 5.74) is 1.78. The molecule has 9 heteroatoms. The molecule has 182 valence electrons. The molecule has 2 N–H and O–H groups in total. The van der Waals surface area contributed by atoms with Gasteiger partial charge in [-0.3, -0.25) is 14.4 Å². The van der Waals surface area contributed by atoms with Crippen molar-refractivity contribution in [3.8, 4) is 11.5 Å². The van der Waals surface area contributed by atoms with Crippen molar-refractivity contribution in [3.63, 3.8) is 0 Å². The molecule has 0 saturated carbocycles. The molecule has 1 aromatic heterocycles. The van der Waals surface area contributed by atoms with Crippen LogP contribution in [0.3, 0.4) is 0 Å². The minimum absolute atomic E-state index is 0.158. The van der Waals surface area contributed by atoms with E-state index >= 15 is 0 Å². The van der Waals surface area contributed by atoms with Crippen LogP contribution in [-0.4, -0.2) is 49.9 Å². The number of nitrogens with zero attached hydrogens (tertiary/aromatic N) is 1. The van der Waals surface area contributed by atoms with Crippen LogP contribution in [0, 0.1) is 5.92 Å². The zero-order chi connectivity index (χ0) is 24.8. The number of likely N-dealkylation sites (tertiary alicyclic amines) is 1. The first-order valence-corrected chi connectivity index (χ1v) is 11.2. The van der Waals surface area contributed by atoms with E-state index in [0.717, 1.165) is 0 Å². The van der Waals surface area contributed by atoms with Crippen LogP contribution in [0.5, 0.6) is 11.5 Å². The van der Waals surface area contributed by atoms with Crippen LogP contribution < -0.4 is 20.1 Å². The van der Waals surface area contributed by atoms with Crippen molar-refractivity contribution in [3.05, 3.63) is 72.2 Å². The highest BCUT2D eigenvalue weighted by molar-refractivity contribution is 6.05. The first kappa shape index (κ1) is 23.9. The highest BCUT2D eigenvalue weighted by Gasteiger charge is 2.30. The maximum atomic E-state index is 13.1. The number of piperidine rings is 1. The summed E-state index contributed by atoms with van der Waals surface area (Å²) in [6.45, 7) is 0.890. The summed E-state index contributed by atoms with van der Waals surface area (Å²) < 4.78 is 15.9. The van der Waals surface area contributed by atoms with Gasteiger partial charge in [-0.05, 0) is 31.0 Å². The minimum Gasteiger partial charge on any atom is -0.494 e. The number of carbonyl (C=O) groups excluding carboxylic acids is 3. The Labute approximate surface area is 203 Å². The van der Waals surface area contributed by atoms with E-state index in [1.54, 1.807) is 47.4 Å². The second-order valence-electron chi connectivity index (χ2n) is 8.16. The lowest BCUT2D eigenvalue weighted by molar-refractivity contribution is -0.121. The van der Waals surface area contributed by atoms with E-state index in [0.29, 0.717) is 59.9 Å². The second-order valence-corrected chi connectivity index (χ2v) is 8.16. The van der Waals surface area contributed by atoms with Gasteiger partial charge < -0.3 is 29.4 Å². The maximum absolute atomic E-state index is 13.1. The third-order valence-electron chi connectivity index (χ3n) is 5.91. The summed E-state index contributed by atoms with van der Waals surface area (Å²) in [5, 5.41) is 5.72. The summed E-state index contributed by atoms with van der Waals surface area (Å²) in [6, 6.07) is 13.6.